The van der Waals surface area contributed by atoms with Gasteiger partial charge in [0.15, 0.2) is 6.61 Å². The third kappa shape index (κ3) is 3.68. The van der Waals surface area contributed by atoms with Crippen molar-refractivity contribution in [2.75, 3.05) is 25.1 Å². The van der Waals surface area contributed by atoms with E-state index in [2.05, 4.69) is 17.6 Å². The highest BCUT2D eigenvalue weighted by Crippen LogP contribution is 2.30. The second kappa shape index (κ2) is 6.54. The third-order valence-electron chi connectivity index (χ3n) is 3.17. The van der Waals surface area contributed by atoms with Crippen molar-refractivity contribution in [2.24, 2.45) is 0 Å². The first kappa shape index (κ1) is 13.8. The molecule has 19 heavy (non-hydrogen) atoms. The van der Waals surface area contributed by atoms with E-state index in [0.717, 1.165) is 36.4 Å². The van der Waals surface area contributed by atoms with Gasteiger partial charge >= 0.3 is 0 Å². The van der Waals surface area contributed by atoms with E-state index in [9.17, 15) is 4.79 Å². The first-order valence-corrected chi connectivity index (χ1v) is 6.61. The maximum absolute atomic E-state index is 11.3. The fraction of sp³-hybridized carbons (Fsp3) is 0.500. The van der Waals surface area contributed by atoms with Crippen LogP contribution in [-0.4, -0.2) is 30.8 Å². The fourth-order valence-corrected chi connectivity index (χ4v) is 2.04. The van der Waals surface area contributed by atoms with E-state index in [1.54, 1.807) is 0 Å². The molecule has 1 unspecified atom stereocenters. The SMILES string of the molecule is CC(NCCCCO)c1ccc2c(c1)NC(=O)CO2. The van der Waals surface area contributed by atoms with E-state index in [4.69, 9.17) is 9.84 Å². The van der Waals surface area contributed by atoms with Crippen LogP contribution in [0.25, 0.3) is 0 Å². The van der Waals surface area contributed by atoms with Crippen LogP contribution in [0, 0.1) is 0 Å². The Balaban J connectivity index is 1.96. The molecule has 1 amide bonds. The van der Waals surface area contributed by atoms with Gasteiger partial charge in [0.05, 0.1) is 5.69 Å². The largest absolute Gasteiger partial charge is 0.482 e. The first-order valence-electron chi connectivity index (χ1n) is 6.61. The van der Waals surface area contributed by atoms with Crippen LogP contribution in [0.2, 0.25) is 0 Å². The number of hydrogen-bond acceptors (Lipinski definition) is 4. The third-order valence-corrected chi connectivity index (χ3v) is 3.17. The molecule has 104 valence electrons. The quantitative estimate of drug-likeness (QED) is 0.680. The minimum absolute atomic E-state index is 0.0846. The van der Waals surface area contributed by atoms with Crippen LogP contribution in [0.3, 0.4) is 0 Å². The summed E-state index contributed by atoms with van der Waals surface area (Å²) >= 11 is 0. The lowest BCUT2D eigenvalue weighted by Crippen LogP contribution is -2.26. The van der Waals surface area contributed by atoms with Gasteiger partial charge < -0.3 is 20.5 Å². The molecule has 1 aromatic carbocycles. The maximum atomic E-state index is 11.3. The monoisotopic (exact) mass is 264 g/mol. The molecular weight excluding hydrogens is 244 g/mol. The Kier molecular flexibility index (Phi) is 4.76. The van der Waals surface area contributed by atoms with E-state index in [1.807, 2.05) is 18.2 Å². The highest BCUT2D eigenvalue weighted by molar-refractivity contribution is 5.95. The molecule has 0 bridgehead atoms. The van der Waals surface area contributed by atoms with Gasteiger partial charge in [-0.05, 0) is 44.0 Å². The van der Waals surface area contributed by atoms with Gasteiger partial charge in [0.25, 0.3) is 5.91 Å². The van der Waals surface area contributed by atoms with E-state index in [0.29, 0.717) is 0 Å². The van der Waals surface area contributed by atoms with Gasteiger partial charge in [-0.1, -0.05) is 6.07 Å². The molecule has 1 aliphatic rings. The first-order chi connectivity index (χ1) is 9.20. The van der Waals surface area contributed by atoms with Crippen LogP contribution in [0.15, 0.2) is 18.2 Å². The van der Waals surface area contributed by atoms with E-state index >= 15 is 0 Å². The number of ether oxygens (including phenoxy) is 1. The van der Waals surface area contributed by atoms with Crippen molar-refractivity contribution in [3.8, 4) is 5.75 Å². The number of carbonyl (C=O) groups excluding carboxylic acids is 1. The summed E-state index contributed by atoms with van der Waals surface area (Å²) in [4.78, 5) is 11.3. The average Bonchev–Trinajstić information content (AvgIpc) is 2.42. The summed E-state index contributed by atoms with van der Waals surface area (Å²) in [5, 5.41) is 14.9. The second-order valence-corrected chi connectivity index (χ2v) is 4.70. The minimum Gasteiger partial charge on any atom is -0.482 e. The lowest BCUT2D eigenvalue weighted by Gasteiger charge is -2.21. The van der Waals surface area contributed by atoms with Crippen LogP contribution in [0.5, 0.6) is 5.75 Å². The highest BCUT2D eigenvalue weighted by Gasteiger charge is 2.17. The number of fused-ring (bicyclic) bond motifs is 1. The molecule has 0 saturated heterocycles. The van der Waals surface area contributed by atoms with Gasteiger partial charge in [-0.2, -0.15) is 0 Å². The molecule has 5 heteroatoms. The molecule has 5 nitrogen and oxygen atoms in total. The van der Waals surface area contributed by atoms with E-state index in [1.165, 1.54) is 0 Å². The summed E-state index contributed by atoms with van der Waals surface area (Å²) < 4.78 is 5.32. The molecule has 3 N–H and O–H groups in total. The number of carbonyl (C=O) groups is 1. The van der Waals surface area contributed by atoms with Crippen molar-refractivity contribution in [1.29, 1.82) is 0 Å². The Morgan fingerprint density at radius 3 is 3.11 bits per heavy atom. The number of aliphatic hydroxyl groups is 1. The molecule has 0 aliphatic carbocycles. The molecule has 1 heterocycles. The van der Waals surface area contributed by atoms with Crippen LogP contribution >= 0.6 is 0 Å². The summed E-state index contributed by atoms with van der Waals surface area (Å²) in [5.41, 5.74) is 1.84. The van der Waals surface area contributed by atoms with Crippen LogP contribution in [0.1, 0.15) is 31.4 Å². The topological polar surface area (TPSA) is 70.6 Å². The molecule has 1 atom stereocenters. The summed E-state index contributed by atoms with van der Waals surface area (Å²) in [7, 11) is 0. The van der Waals surface area contributed by atoms with E-state index in [-0.39, 0.29) is 25.2 Å². The van der Waals surface area contributed by atoms with Gasteiger partial charge in [0.2, 0.25) is 0 Å². The Labute approximate surface area is 113 Å². The Hall–Kier alpha value is -1.59. The lowest BCUT2D eigenvalue weighted by atomic mass is 10.1. The number of anilines is 1. The fourth-order valence-electron chi connectivity index (χ4n) is 2.04. The van der Waals surface area contributed by atoms with Crippen LogP contribution < -0.4 is 15.4 Å². The molecule has 1 aromatic rings. The molecule has 0 saturated carbocycles. The van der Waals surface area contributed by atoms with E-state index < -0.39 is 0 Å². The molecule has 0 radical (unpaired) electrons. The van der Waals surface area contributed by atoms with Crippen LogP contribution in [0.4, 0.5) is 5.69 Å². The Bertz CT molecular complexity index is 448. The van der Waals surface area contributed by atoms with Crippen molar-refractivity contribution in [2.45, 2.75) is 25.8 Å². The average molecular weight is 264 g/mol. The number of unbranched alkanes of at least 4 members (excludes halogenated alkanes) is 1. The zero-order chi connectivity index (χ0) is 13.7. The Morgan fingerprint density at radius 2 is 2.32 bits per heavy atom. The number of hydrogen-bond donors (Lipinski definition) is 3. The highest BCUT2D eigenvalue weighted by atomic mass is 16.5. The number of nitrogens with one attached hydrogen (secondary N) is 2. The van der Waals surface area contributed by atoms with Crippen molar-refractivity contribution in [1.82, 2.24) is 5.32 Å². The molecule has 2 rings (SSSR count). The predicted octanol–water partition coefficient (Wildman–Crippen LogP) is 1.44. The molecule has 0 spiro atoms. The van der Waals surface area contributed by atoms with Gasteiger partial charge in [-0.25, -0.2) is 0 Å². The lowest BCUT2D eigenvalue weighted by molar-refractivity contribution is -0.118. The predicted molar refractivity (Wildman–Crippen MR) is 73.3 cm³/mol. The van der Waals surface area contributed by atoms with Gasteiger partial charge in [-0.3, -0.25) is 4.79 Å². The van der Waals surface area contributed by atoms with Crippen molar-refractivity contribution in [3.63, 3.8) is 0 Å². The molecule has 0 aromatic heterocycles. The zero-order valence-corrected chi connectivity index (χ0v) is 11.1. The van der Waals surface area contributed by atoms with Gasteiger partial charge in [0, 0.05) is 12.6 Å². The van der Waals surface area contributed by atoms with Gasteiger partial charge in [-0.15, -0.1) is 0 Å². The zero-order valence-electron chi connectivity index (χ0n) is 11.1. The maximum Gasteiger partial charge on any atom is 0.262 e. The molecule has 0 fully saturated rings. The minimum atomic E-state index is -0.117. The van der Waals surface area contributed by atoms with Crippen molar-refractivity contribution in [3.05, 3.63) is 23.8 Å². The number of amides is 1. The summed E-state index contributed by atoms with van der Waals surface area (Å²) in [6, 6.07) is 6.02. The Morgan fingerprint density at radius 1 is 1.47 bits per heavy atom. The smallest absolute Gasteiger partial charge is 0.262 e. The summed E-state index contributed by atoms with van der Waals surface area (Å²) in [6.07, 6.45) is 1.76. The van der Waals surface area contributed by atoms with Crippen LogP contribution in [-0.2, 0) is 4.79 Å². The van der Waals surface area contributed by atoms with Crippen molar-refractivity contribution >= 4 is 11.6 Å². The molecular formula is C14H20N2O3. The standard InChI is InChI=1S/C14H20N2O3/c1-10(15-6-2-3-7-17)11-4-5-13-12(8-11)16-14(18)9-19-13/h4-5,8,10,15,17H,2-3,6-7,9H2,1H3,(H,16,18). The summed E-state index contributed by atoms with van der Waals surface area (Å²) in [6.45, 7) is 3.26. The number of benzene rings is 1. The number of aliphatic hydroxyl groups excluding tert-OH is 1. The number of rotatable bonds is 6. The second-order valence-electron chi connectivity index (χ2n) is 4.70. The normalized spacial score (nSPS) is 15.4. The molecule has 1 aliphatic heterocycles. The van der Waals surface area contributed by atoms with Gasteiger partial charge in [0.1, 0.15) is 5.75 Å². The summed E-state index contributed by atoms with van der Waals surface area (Å²) in [5.74, 6) is 0.601. The van der Waals surface area contributed by atoms with Crippen molar-refractivity contribution < 1.29 is 14.6 Å².